The van der Waals surface area contributed by atoms with E-state index < -0.39 is 10.1 Å². The molecule has 0 saturated carbocycles. The number of pyridine rings is 2. The zero-order valence-electron chi connectivity index (χ0n) is 26.7. The molecule has 1 aliphatic rings. The van der Waals surface area contributed by atoms with Gasteiger partial charge in [0.15, 0.2) is 5.82 Å². The van der Waals surface area contributed by atoms with Crippen molar-refractivity contribution >= 4 is 48.5 Å². The van der Waals surface area contributed by atoms with Gasteiger partial charge in [-0.05, 0) is 52.1 Å². The van der Waals surface area contributed by atoms with Crippen LogP contribution in [0.2, 0.25) is 0 Å². The lowest BCUT2D eigenvalue weighted by Crippen LogP contribution is -2.18. The van der Waals surface area contributed by atoms with Crippen molar-refractivity contribution in [1.82, 2.24) is 24.9 Å². The van der Waals surface area contributed by atoms with Crippen molar-refractivity contribution in [2.45, 2.75) is 64.2 Å². The van der Waals surface area contributed by atoms with Crippen LogP contribution in [0.5, 0.6) is 5.88 Å². The van der Waals surface area contributed by atoms with E-state index in [1.807, 2.05) is 88.4 Å². The first-order valence-electron chi connectivity index (χ1n) is 15.6. The van der Waals surface area contributed by atoms with E-state index in [4.69, 9.17) is 14.2 Å². The highest BCUT2D eigenvalue weighted by molar-refractivity contribution is 7.87. The number of hydrogen-bond acceptors (Lipinski definition) is 7. The SMILES string of the molecule is CC(C)c1cc(C(C)C)c(S(=O)(=O)Oc2nc(-c3ccnc4[nH]c5ccccc5c34)nc3cncc(C4=CC=C4)c23)c(C(C)C)c1. The number of benzene rings is 2. The van der Waals surface area contributed by atoms with Crippen LogP contribution in [0.3, 0.4) is 0 Å². The first kappa shape index (κ1) is 29.8. The quantitative estimate of drug-likeness (QED) is 0.168. The fraction of sp³-hybridized carbons (Fsp3) is 0.243. The Morgan fingerprint density at radius 1 is 0.826 bits per heavy atom. The van der Waals surface area contributed by atoms with Gasteiger partial charge >= 0.3 is 10.1 Å². The monoisotopic (exact) mass is 629 g/mol. The highest BCUT2D eigenvalue weighted by Gasteiger charge is 2.31. The van der Waals surface area contributed by atoms with E-state index >= 15 is 0 Å². The number of aromatic nitrogens is 5. The maximum absolute atomic E-state index is 14.6. The fourth-order valence-corrected chi connectivity index (χ4v) is 7.68. The van der Waals surface area contributed by atoms with Gasteiger partial charge in [-0.2, -0.15) is 13.4 Å². The lowest BCUT2D eigenvalue weighted by atomic mass is 9.89. The number of H-pyrrole nitrogens is 1. The number of nitrogens with zero attached hydrogens (tertiary/aromatic N) is 4. The molecule has 0 unspecified atom stereocenters. The number of para-hydroxylation sites is 1. The van der Waals surface area contributed by atoms with Crippen LogP contribution in [0.1, 0.15) is 81.5 Å². The van der Waals surface area contributed by atoms with E-state index in [-0.39, 0.29) is 28.5 Å². The second-order valence-electron chi connectivity index (χ2n) is 12.7. The topological polar surface area (TPSA) is 111 Å². The summed E-state index contributed by atoms with van der Waals surface area (Å²) in [4.78, 5) is 22.4. The van der Waals surface area contributed by atoms with Gasteiger partial charge < -0.3 is 9.17 Å². The maximum Gasteiger partial charge on any atom is 0.341 e. The van der Waals surface area contributed by atoms with Crippen LogP contribution in [0.25, 0.3) is 49.8 Å². The first-order valence-corrected chi connectivity index (χ1v) is 17.0. The lowest BCUT2D eigenvalue weighted by molar-refractivity contribution is 0.475. The van der Waals surface area contributed by atoms with Crippen LogP contribution in [0.15, 0.2) is 84.2 Å². The predicted molar refractivity (Wildman–Crippen MR) is 184 cm³/mol. The van der Waals surface area contributed by atoms with E-state index in [0.717, 1.165) is 38.6 Å². The highest BCUT2D eigenvalue weighted by Crippen LogP contribution is 2.40. The second-order valence-corrected chi connectivity index (χ2v) is 14.2. The minimum atomic E-state index is -4.36. The van der Waals surface area contributed by atoms with Gasteiger partial charge in [-0.1, -0.05) is 90.1 Å². The Labute approximate surface area is 268 Å². The van der Waals surface area contributed by atoms with Gasteiger partial charge in [0.25, 0.3) is 0 Å². The molecule has 2 aromatic carbocycles. The zero-order chi connectivity index (χ0) is 32.3. The summed E-state index contributed by atoms with van der Waals surface area (Å²) in [5.74, 6) is 0.399. The highest BCUT2D eigenvalue weighted by atomic mass is 32.2. The molecule has 0 bridgehead atoms. The maximum atomic E-state index is 14.6. The van der Waals surface area contributed by atoms with Crippen LogP contribution >= 0.6 is 0 Å². The predicted octanol–water partition coefficient (Wildman–Crippen LogP) is 8.81. The van der Waals surface area contributed by atoms with Gasteiger partial charge in [-0.15, -0.1) is 0 Å². The first-order chi connectivity index (χ1) is 22.0. The van der Waals surface area contributed by atoms with Gasteiger partial charge in [-0.25, -0.2) is 9.97 Å². The molecule has 9 heteroatoms. The van der Waals surface area contributed by atoms with Gasteiger partial charge in [-0.3, -0.25) is 4.98 Å². The molecule has 0 fully saturated rings. The second kappa shape index (κ2) is 11.2. The van der Waals surface area contributed by atoms with E-state index in [1.54, 1.807) is 18.6 Å². The molecule has 4 aromatic heterocycles. The normalized spacial score (nSPS) is 13.4. The standard InChI is InChI=1S/C37H35N5O3S/c1-20(2)24-16-27(21(3)4)34(28(17-24)22(5)6)46(43,44)45-37-33-29(23-10-9-11-23)18-38-19-31(33)41-35(42-37)26-14-15-39-36-32(26)25-12-7-8-13-30(25)40-36/h7-22H,1-6H3,(H,39,40). The number of nitrogens with one attached hydrogen (secondary N) is 1. The molecule has 4 heterocycles. The average molecular weight is 630 g/mol. The Morgan fingerprint density at radius 3 is 2.20 bits per heavy atom. The molecule has 0 amide bonds. The molecule has 0 saturated heterocycles. The third kappa shape index (κ3) is 4.95. The van der Waals surface area contributed by atoms with Crippen molar-refractivity contribution in [3.63, 3.8) is 0 Å². The number of aromatic amines is 1. The minimum absolute atomic E-state index is 0.0410. The molecule has 0 radical (unpaired) electrons. The van der Waals surface area contributed by atoms with Crippen molar-refractivity contribution in [2.75, 3.05) is 0 Å². The molecule has 6 aromatic rings. The molecule has 0 atom stereocenters. The summed E-state index contributed by atoms with van der Waals surface area (Å²) in [6.45, 7) is 12.3. The summed E-state index contributed by atoms with van der Waals surface area (Å²) < 4.78 is 35.4. The average Bonchev–Trinajstić information content (AvgIpc) is 3.38. The Balaban J connectivity index is 1.49. The molecule has 1 aliphatic carbocycles. The van der Waals surface area contributed by atoms with Crippen molar-refractivity contribution in [2.24, 2.45) is 0 Å². The third-order valence-corrected chi connectivity index (χ3v) is 9.94. The Morgan fingerprint density at radius 2 is 1.54 bits per heavy atom. The summed E-state index contributed by atoms with van der Waals surface area (Å²) in [5.41, 5.74) is 6.94. The van der Waals surface area contributed by atoms with Crippen molar-refractivity contribution < 1.29 is 12.6 Å². The van der Waals surface area contributed by atoms with Crippen LogP contribution in [0, 0.1) is 0 Å². The summed E-state index contributed by atoms with van der Waals surface area (Å²) >= 11 is 0. The van der Waals surface area contributed by atoms with E-state index in [9.17, 15) is 8.42 Å². The van der Waals surface area contributed by atoms with E-state index in [2.05, 4.69) is 28.8 Å². The van der Waals surface area contributed by atoms with E-state index in [0.29, 0.717) is 33.5 Å². The fourth-order valence-electron chi connectivity index (χ4n) is 6.10. The lowest BCUT2D eigenvalue weighted by Gasteiger charge is -2.23. The van der Waals surface area contributed by atoms with Crippen molar-refractivity contribution in [3.05, 3.63) is 102 Å². The molecule has 46 heavy (non-hydrogen) atoms. The molecule has 1 N–H and O–H groups in total. The van der Waals surface area contributed by atoms with Crippen LogP contribution < -0.4 is 4.18 Å². The van der Waals surface area contributed by atoms with Gasteiger partial charge in [0.05, 0.1) is 17.1 Å². The van der Waals surface area contributed by atoms with E-state index in [1.165, 1.54) is 0 Å². The Bertz CT molecular complexity index is 2320. The number of fused-ring (bicyclic) bond motifs is 4. The summed E-state index contributed by atoms with van der Waals surface area (Å²) in [7, 11) is -4.36. The van der Waals surface area contributed by atoms with Crippen molar-refractivity contribution in [3.8, 4) is 17.3 Å². The number of allylic oxidation sites excluding steroid dienone is 4. The van der Waals surface area contributed by atoms with Gasteiger partial charge in [0, 0.05) is 39.8 Å². The van der Waals surface area contributed by atoms with Crippen molar-refractivity contribution in [1.29, 1.82) is 0 Å². The summed E-state index contributed by atoms with van der Waals surface area (Å²) in [6.07, 6.45) is 10.8. The third-order valence-electron chi connectivity index (χ3n) is 8.60. The van der Waals surface area contributed by atoms with Crippen LogP contribution in [-0.2, 0) is 10.1 Å². The molecule has 8 nitrogen and oxygen atoms in total. The van der Waals surface area contributed by atoms with Gasteiger partial charge in [0.2, 0.25) is 5.88 Å². The Hall–Kier alpha value is -4.89. The number of rotatable bonds is 8. The van der Waals surface area contributed by atoms with Gasteiger partial charge in [0.1, 0.15) is 10.5 Å². The number of hydrogen-bond donors (Lipinski definition) is 1. The molecule has 0 spiro atoms. The Kier molecular flexibility index (Phi) is 7.24. The smallest absolute Gasteiger partial charge is 0.341 e. The van der Waals surface area contributed by atoms with Crippen LogP contribution in [0.4, 0.5) is 0 Å². The molecular weight excluding hydrogens is 595 g/mol. The molecule has 7 rings (SSSR count). The largest absolute Gasteiger partial charge is 0.357 e. The van der Waals surface area contributed by atoms with Crippen LogP contribution in [-0.4, -0.2) is 33.3 Å². The summed E-state index contributed by atoms with van der Waals surface area (Å²) in [5, 5.41) is 2.29. The minimum Gasteiger partial charge on any atom is -0.357 e. The zero-order valence-corrected chi connectivity index (χ0v) is 27.5. The summed E-state index contributed by atoms with van der Waals surface area (Å²) in [6, 6.07) is 13.8. The molecule has 232 valence electrons. The molecular formula is C37H35N5O3S. The molecule has 0 aliphatic heterocycles.